The monoisotopic (exact) mass is 501 g/mol. The van der Waals surface area contributed by atoms with E-state index < -0.39 is 0 Å². The first kappa shape index (κ1) is 29.3. The second-order valence-corrected chi connectivity index (χ2v) is 11.6. The van der Waals surface area contributed by atoms with Gasteiger partial charge in [-0.05, 0) is 56.1 Å². The van der Waals surface area contributed by atoms with E-state index in [0.717, 1.165) is 43.5 Å². The fraction of sp³-hybridized carbons (Fsp3) is 0.676. The molecule has 2 aromatic rings. The second kappa shape index (κ2) is 16.6. The molecule has 0 amide bonds. The third-order valence-electron chi connectivity index (χ3n) is 8.58. The molecule has 3 nitrogen and oxygen atoms in total. The molecular weight excluding hydrogens is 450 g/mol. The molecule has 0 radical (unpaired) electrons. The molecule has 1 saturated carbocycles. The summed E-state index contributed by atoms with van der Waals surface area (Å²) in [4.78, 5) is 9.55. The molecule has 202 valence electrons. The van der Waals surface area contributed by atoms with Crippen LogP contribution < -0.4 is 0 Å². The standard InChI is InChI=1S/C34H51N3/c1-3-5-7-9-11-13-15-23-34(28-35)24-21-31(22-25-34)33-36-26-32(27-37-33)30-19-17-29(18-20-30)16-14-12-10-8-6-4-2/h17-20,26-27,31H,3-16,21-25H2,1-2H3. The number of aromatic nitrogens is 2. The maximum Gasteiger partial charge on any atom is 0.131 e. The van der Waals surface area contributed by atoms with Crippen LogP contribution in [0.15, 0.2) is 36.7 Å². The van der Waals surface area contributed by atoms with E-state index in [9.17, 15) is 5.26 Å². The van der Waals surface area contributed by atoms with E-state index in [0.29, 0.717) is 5.92 Å². The minimum absolute atomic E-state index is 0.114. The van der Waals surface area contributed by atoms with Crippen LogP contribution in [0.2, 0.25) is 0 Å². The number of aryl methyl sites for hydroxylation is 1. The lowest BCUT2D eigenvalue weighted by Crippen LogP contribution is -2.26. The van der Waals surface area contributed by atoms with Crippen LogP contribution in [-0.2, 0) is 6.42 Å². The highest BCUT2D eigenvalue weighted by atomic mass is 14.9. The summed E-state index contributed by atoms with van der Waals surface area (Å²) in [6, 6.07) is 11.7. The molecule has 37 heavy (non-hydrogen) atoms. The average Bonchev–Trinajstić information content (AvgIpc) is 2.95. The van der Waals surface area contributed by atoms with Gasteiger partial charge in [-0.3, -0.25) is 0 Å². The lowest BCUT2D eigenvalue weighted by molar-refractivity contribution is 0.219. The van der Waals surface area contributed by atoms with Crippen LogP contribution in [0, 0.1) is 16.7 Å². The Balaban J connectivity index is 1.42. The van der Waals surface area contributed by atoms with Crippen molar-refractivity contribution in [3.8, 4) is 17.2 Å². The number of unbranched alkanes of at least 4 members (excludes halogenated alkanes) is 11. The molecule has 0 unspecified atom stereocenters. The molecule has 0 spiro atoms. The maximum atomic E-state index is 9.96. The minimum Gasteiger partial charge on any atom is -0.240 e. The van der Waals surface area contributed by atoms with Gasteiger partial charge in [0.1, 0.15) is 5.82 Å². The zero-order valence-electron chi connectivity index (χ0n) is 23.8. The third-order valence-corrected chi connectivity index (χ3v) is 8.58. The number of hydrogen-bond donors (Lipinski definition) is 0. The highest BCUT2D eigenvalue weighted by molar-refractivity contribution is 5.61. The summed E-state index contributed by atoms with van der Waals surface area (Å²) in [6.45, 7) is 4.54. The van der Waals surface area contributed by atoms with E-state index in [1.165, 1.54) is 101 Å². The van der Waals surface area contributed by atoms with E-state index in [2.05, 4.69) is 44.2 Å². The second-order valence-electron chi connectivity index (χ2n) is 11.6. The highest BCUT2D eigenvalue weighted by Crippen LogP contribution is 2.45. The van der Waals surface area contributed by atoms with Gasteiger partial charge in [0, 0.05) is 23.9 Å². The van der Waals surface area contributed by atoms with Crippen LogP contribution in [0.25, 0.3) is 11.1 Å². The summed E-state index contributed by atoms with van der Waals surface area (Å²) in [6.07, 6.45) is 27.5. The van der Waals surface area contributed by atoms with E-state index in [4.69, 9.17) is 9.97 Å². The molecule has 3 heteroatoms. The molecule has 1 heterocycles. The molecule has 1 aromatic carbocycles. The number of nitriles is 1. The van der Waals surface area contributed by atoms with Crippen molar-refractivity contribution in [2.24, 2.45) is 5.41 Å². The molecule has 0 atom stereocenters. The van der Waals surface area contributed by atoms with Crippen LogP contribution in [0.4, 0.5) is 0 Å². The van der Waals surface area contributed by atoms with Crippen molar-refractivity contribution in [2.45, 2.75) is 142 Å². The van der Waals surface area contributed by atoms with E-state index in [-0.39, 0.29) is 5.41 Å². The van der Waals surface area contributed by atoms with Crippen LogP contribution in [0.5, 0.6) is 0 Å². The normalized spacial score (nSPS) is 19.5. The zero-order valence-corrected chi connectivity index (χ0v) is 23.8. The van der Waals surface area contributed by atoms with E-state index in [1.807, 2.05) is 12.4 Å². The SMILES string of the molecule is CCCCCCCCCC1(C#N)CCC(c2ncc(-c3ccc(CCCCCCCC)cc3)cn2)CC1. The Hall–Kier alpha value is -2.21. The summed E-state index contributed by atoms with van der Waals surface area (Å²) in [7, 11) is 0. The predicted octanol–water partition coefficient (Wildman–Crippen LogP) is 10.4. The van der Waals surface area contributed by atoms with Gasteiger partial charge in [0.15, 0.2) is 0 Å². The highest BCUT2D eigenvalue weighted by Gasteiger charge is 2.36. The molecule has 0 aliphatic heterocycles. The molecule has 1 fully saturated rings. The Kier molecular flexibility index (Phi) is 13.2. The molecule has 0 N–H and O–H groups in total. The van der Waals surface area contributed by atoms with Gasteiger partial charge >= 0.3 is 0 Å². The molecular formula is C34H51N3. The topological polar surface area (TPSA) is 49.6 Å². The summed E-state index contributed by atoms with van der Waals surface area (Å²) in [5.74, 6) is 1.36. The summed E-state index contributed by atoms with van der Waals surface area (Å²) in [5, 5.41) is 9.96. The largest absolute Gasteiger partial charge is 0.240 e. The van der Waals surface area contributed by atoms with Gasteiger partial charge in [-0.2, -0.15) is 5.26 Å². The number of hydrogen-bond acceptors (Lipinski definition) is 3. The van der Waals surface area contributed by atoms with Gasteiger partial charge < -0.3 is 0 Å². The van der Waals surface area contributed by atoms with Crippen molar-refractivity contribution < 1.29 is 0 Å². The van der Waals surface area contributed by atoms with Gasteiger partial charge in [-0.1, -0.05) is 115 Å². The van der Waals surface area contributed by atoms with Crippen molar-refractivity contribution in [2.75, 3.05) is 0 Å². The van der Waals surface area contributed by atoms with Gasteiger partial charge in [-0.25, -0.2) is 9.97 Å². The first-order chi connectivity index (χ1) is 18.2. The third kappa shape index (κ3) is 9.88. The maximum absolute atomic E-state index is 9.96. The molecule has 0 saturated heterocycles. The smallest absolute Gasteiger partial charge is 0.131 e. The van der Waals surface area contributed by atoms with Crippen molar-refractivity contribution in [3.05, 3.63) is 48.0 Å². The Morgan fingerprint density at radius 3 is 1.84 bits per heavy atom. The lowest BCUT2D eigenvalue weighted by Gasteiger charge is -2.34. The molecule has 1 aliphatic rings. The van der Waals surface area contributed by atoms with Crippen molar-refractivity contribution in [1.29, 1.82) is 5.26 Å². The van der Waals surface area contributed by atoms with Crippen LogP contribution >= 0.6 is 0 Å². The van der Waals surface area contributed by atoms with Gasteiger partial charge in [0.05, 0.1) is 11.5 Å². The van der Waals surface area contributed by atoms with Crippen LogP contribution in [0.3, 0.4) is 0 Å². The van der Waals surface area contributed by atoms with Crippen LogP contribution in [-0.4, -0.2) is 9.97 Å². The number of nitrogens with zero attached hydrogens (tertiary/aromatic N) is 3. The fourth-order valence-electron chi connectivity index (χ4n) is 5.94. The minimum atomic E-state index is -0.114. The Bertz CT molecular complexity index is 902. The van der Waals surface area contributed by atoms with Crippen LogP contribution in [0.1, 0.15) is 147 Å². The van der Waals surface area contributed by atoms with Gasteiger partial charge in [0.25, 0.3) is 0 Å². The summed E-state index contributed by atoms with van der Waals surface area (Å²) >= 11 is 0. The van der Waals surface area contributed by atoms with E-state index >= 15 is 0 Å². The van der Waals surface area contributed by atoms with Crippen molar-refractivity contribution >= 4 is 0 Å². The average molecular weight is 502 g/mol. The van der Waals surface area contributed by atoms with Gasteiger partial charge in [0.2, 0.25) is 0 Å². The zero-order chi connectivity index (χ0) is 26.2. The molecule has 3 rings (SSSR count). The van der Waals surface area contributed by atoms with E-state index in [1.54, 1.807) is 0 Å². The number of rotatable bonds is 17. The lowest BCUT2D eigenvalue weighted by atomic mass is 9.68. The van der Waals surface area contributed by atoms with Crippen molar-refractivity contribution in [3.63, 3.8) is 0 Å². The Morgan fingerprint density at radius 1 is 0.730 bits per heavy atom. The molecule has 1 aliphatic carbocycles. The summed E-state index contributed by atoms with van der Waals surface area (Å²) < 4.78 is 0. The predicted molar refractivity (Wildman–Crippen MR) is 156 cm³/mol. The summed E-state index contributed by atoms with van der Waals surface area (Å²) in [5.41, 5.74) is 3.60. The fourth-order valence-corrected chi connectivity index (χ4v) is 5.94. The van der Waals surface area contributed by atoms with Gasteiger partial charge in [-0.15, -0.1) is 0 Å². The quantitative estimate of drug-likeness (QED) is 0.202. The Labute approximate surface area is 227 Å². The Morgan fingerprint density at radius 2 is 1.27 bits per heavy atom. The molecule has 0 bridgehead atoms. The van der Waals surface area contributed by atoms with Crippen molar-refractivity contribution in [1.82, 2.24) is 9.97 Å². The number of benzene rings is 1. The molecule has 1 aromatic heterocycles. The first-order valence-electron chi connectivity index (χ1n) is 15.5. The first-order valence-corrected chi connectivity index (χ1v) is 15.5.